The van der Waals surface area contributed by atoms with Crippen molar-refractivity contribution < 1.29 is 28.0 Å². The maximum absolute atomic E-state index is 12.9. The number of carbonyl (C=O) groups excluding carboxylic acids is 2. The molecule has 0 unspecified atom stereocenters. The molecule has 0 bridgehead atoms. The van der Waals surface area contributed by atoms with Crippen LogP contribution in [0.4, 0.5) is 14.9 Å². The van der Waals surface area contributed by atoms with E-state index in [1.807, 2.05) is 0 Å². The van der Waals surface area contributed by atoms with Crippen LogP contribution in [0.25, 0.3) is 0 Å². The average molecular weight is 428 g/mol. The number of anilines is 1. The van der Waals surface area contributed by atoms with Crippen molar-refractivity contribution in [3.63, 3.8) is 0 Å². The van der Waals surface area contributed by atoms with Crippen molar-refractivity contribution in [2.24, 2.45) is 0 Å². The molecule has 0 radical (unpaired) electrons. The van der Waals surface area contributed by atoms with Crippen LogP contribution in [-0.4, -0.2) is 47.7 Å². The molecule has 0 spiro atoms. The van der Waals surface area contributed by atoms with Crippen LogP contribution in [0.5, 0.6) is 5.75 Å². The Labute approximate surface area is 177 Å². The molecule has 0 saturated carbocycles. The predicted octanol–water partition coefficient (Wildman–Crippen LogP) is 3.28. The van der Waals surface area contributed by atoms with Crippen LogP contribution in [-0.2, 0) is 17.8 Å². The Hall–Kier alpha value is -3.95. The molecule has 0 aliphatic rings. The van der Waals surface area contributed by atoms with Crippen molar-refractivity contribution in [1.29, 1.82) is 0 Å². The van der Waals surface area contributed by atoms with E-state index >= 15 is 0 Å². The van der Waals surface area contributed by atoms with Crippen LogP contribution >= 0.6 is 0 Å². The lowest BCUT2D eigenvalue weighted by atomic mass is 10.2. The third-order valence-corrected chi connectivity index (χ3v) is 4.26. The summed E-state index contributed by atoms with van der Waals surface area (Å²) < 4.78 is 28.1. The van der Waals surface area contributed by atoms with Crippen LogP contribution < -0.4 is 10.1 Å². The standard InChI is InChI=1S/C21H21FN4O5/c1-26(21(28)23-16-7-3-14(4-8-16)20(27)29-2)12-11-18-24-19(31-25-18)13-30-17-9-5-15(22)6-10-17/h3-10H,11-13H2,1-2H3,(H,23,28). The molecule has 9 nitrogen and oxygen atoms in total. The molecule has 162 valence electrons. The Morgan fingerprint density at radius 2 is 1.84 bits per heavy atom. The number of benzene rings is 2. The van der Waals surface area contributed by atoms with E-state index in [2.05, 4.69) is 20.2 Å². The minimum atomic E-state index is -0.447. The fourth-order valence-corrected chi connectivity index (χ4v) is 2.52. The third-order valence-electron chi connectivity index (χ3n) is 4.26. The van der Waals surface area contributed by atoms with Gasteiger partial charge in [0.15, 0.2) is 12.4 Å². The number of amides is 2. The zero-order valence-electron chi connectivity index (χ0n) is 17.0. The molecule has 10 heteroatoms. The zero-order chi connectivity index (χ0) is 22.2. The summed E-state index contributed by atoms with van der Waals surface area (Å²) >= 11 is 0. The highest BCUT2D eigenvalue weighted by Crippen LogP contribution is 2.13. The normalized spacial score (nSPS) is 10.4. The molecule has 0 aliphatic carbocycles. The van der Waals surface area contributed by atoms with Crippen molar-refractivity contribution >= 4 is 17.7 Å². The summed E-state index contributed by atoms with van der Waals surface area (Å²) in [6.07, 6.45) is 0.380. The Morgan fingerprint density at radius 3 is 2.52 bits per heavy atom. The van der Waals surface area contributed by atoms with Gasteiger partial charge in [-0.15, -0.1) is 0 Å². The predicted molar refractivity (Wildman–Crippen MR) is 108 cm³/mol. The number of halogens is 1. The van der Waals surface area contributed by atoms with E-state index in [4.69, 9.17) is 9.26 Å². The second kappa shape index (κ2) is 10.2. The van der Waals surface area contributed by atoms with Crippen LogP contribution in [0.15, 0.2) is 53.1 Å². The molecule has 1 aromatic heterocycles. The van der Waals surface area contributed by atoms with Gasteiger partial charge in [0.05, 0.1) is 12.7 Å². The number of esters is 1. The van der Waals surface area contributed by atoms with Gasteiger partial charge in [-0.2, -0.15) is 4.98 Å². The number of nitrogens with zero attached hydrogens (tertiary/aromatic N) is 3. The van der Waals surface area contributed by atoms with Gasteiger partial charge in [0.1, 0.15) is 11.6 Å². The molecule has 31 heavy (non-hydrogen) atoms. The molecule has 2 aromatic carbocycles. The molecule has 0 atom stereocenters. The summed E-state index contributed by atoms with van der Waals surface area (Å²) in [5.41, 5.74) is 0.939. The molecule has 1 heterocycles. The quantitative estimate of drug-likeness (QED) is 0.549. The minimum Gasteiger partial charge on any atom is -0.484 e. The maximum Gasteiger partial charge on any atom is 0.337 e. The van der Waals surface area contributed by atoms with Crippen LogP contribution in [0.3, 0.4) is 0 Å². The molecule has 3 rings (SSSR count). The van der Waals surface area contributed by atoms with Crippen LogP contribution in [0.2, 0.25) is 0 Å². The van der Waals surface area contributed by atoms with E-state index in [0.717, 1.165) is 0 Å². The van der Waals surface area contributed by atoms with Gasteiger partial charge < -0.3 is 24.2 Å². The highest BCUT2D eigenvalue weighted by atomic mass is 19.1. The summed E-state index contributed by atoms with van der Waals surface area (Å²) in [6.45, 7) is 0.403. The Kier molecular flexibility index (Phi) is 7.15. The first kappa shape index (κ1) is 21.8. The van der Waals surface area contributed by atoms with E-state index in [1.165, 1.54) is 36.3 Å². The zero-order valence-corrected chi connectivity index (χ0v) is 17.0. The molecule has 3 aromatic rings. The average Bonchev–Trinajstić information content (AvgIpc) is 3.25. The van der Waals surface area contributed by atoms with Crippen molar-refractivity contribution in [2.45, 2.75) is 13.0 Å². The summed E-state index contributed by atoms with van der Waals surface area (Å²) in [7, 11) is 2.94. The van der Waals surface area contributed by atoms with Crippen molar-refractivity contribution in [3.8, 4) is 5.75 Å². The second-order valence-electron chi connectivity index (χ2n) is 6.52. The van der Waals surface area contributed by atoms with Gasteiger partial charge in [-0.25, -0.2) is 14.0 Å². The number of rotatable bonds is 8. The number of urea groups is 1. The van der Waals surface area contributed by atoms with Gasteiger partial charge in [-0.05, 0) is 48.5 Å². The highest BCUT2D eigenvalue weighted by Gasteiger charge is 2.13. The fourth-order valence-electron chi connectivity index (χ4n) is 2.52. The number of ether oxygens (including phenoxy) is 2. The maximum atomic E-state index is 12.9. The summed E-state index contributed by atoms with van der Waals surface area (Å²) in [5, 5.41) is 6.60. The highest BCUT2D eigenvalue weighted by molar-refractivity contribution is 5.92. The SMILES string of the molecule is COC(=O)c1ccc(NC(=O)N(C)CCc2noc(COc3ccc(F)cc3)n2)cc1. The third kappa shape index (κ3) is 6.26. The van der Waals surface area contributed by atoms with Gasteiger partial charge in [-0.3, -0.25) is 0 Å². The van der Waals surface area contributed by atoms with E-state index in [-0.39, 0.29) is 24.3 Å². The molecule has 2 amide bonds. The topological polar surface area (TPSA) is 107 Å². The molecular formula is C21H21FN4O5. The second-order valence-corrected chi connectivity index (χ2v) is 6.52. The van der Waals surface area contributed by atoms with E-state index in [9.17, 15) is 14.0 Å². The lowest BCUT2D eigenvalue weighted by Crippen LogP contribution is -2.33. The lowest BCUT2D eigenvalue weighted by molar-refractivity contribution is 0.0600. The first-order chi connectivity index (χ1) is 14.9. The van der Waals surface area contributed by atoms with E-state index in [1.54, 1.807) is 31.3 Å². The number of aromatic nitrogens is 2. The van der Waals surface area contributed by atoms with E-state index < -0.39 is 5.97 Å². The molecule has 1 N–H and O–H groups in total. The number of likely N-dealkylation sites (N-methyl/N-ethyl adjacent to an activating group) is 1. The van der Waals surface area contributed by atoms with Crippen LogP contribution in [0, 0.1) is 5.82 Å². The Bertz CT molecular complexity index is 1020. The molecule has 0 fully saturated rings. The Morgan fingerprint density at radius 1 is 1.13 bits per heavy atom. The number of hydrogen-bond acceptors (Lipinski definition) is 7. The van der Waals surface area contributed by atoms with Crippen molar-refractivity contribution in [3.05, 3.63) is 71.6 Å². The first-order valence-electron chi connectivity index (χ1n) is 9.35. The minimum absolute atomic E-state index is 0.0521. The van der Waals surface area contributed by atoms with Gasteiger partial charge in [0.2, 0.25) is 0 Å². The Balaban J connectivity index is 1.44. The van der Waals surface area contributed by atoms with Crippen molar-refractivity contribution in [1.82, 2.24) is 15.0 Å². The van der Waals surface area contributed by atoms with E-state index in [0.29, 0.717) is 35.8 Å². The monoisotopic (exact) mass is 428 g/mol. The van der Waals surface area contributed by atoms with Crippen molar-refractivity contribution in [2.75, 3.05) is 26.0 Å². The van der Waals surface area contributed by atoms with Gasteiger partial charge >= 0.3 is 12.0 Å². The smallest absolute Gasteiger partial charge is 0.337 e. The molecular weight excluding hydrogens is 407 g/mol. The number of hydrogen-bond donors (Lipinski definition) is 1. The summed E-state index contributed by atoms with van der Waals surface area (Å²) in [4.78, 5) is 29.4. The number of carbonyl (C=O) groups is 2. The largest absolute Gasteiger partial charge is 0.484 e. The summed E-state index contributed by atoms with van der Waals surface area (Å²) in [6, 6.07) is 11.6. The number of methoxy groups -OCH3 is 1. The lowest BCUT2D eigenvalue weighted by Gasteiger charge is -2.17. The molecule has 0 saturated heterocycles. The first-order valence-corrected chi connectivity index (χ1v) is 9.35. The van der Waals surface area contributed by atoms with Gasteiger partial charge in [0, 0.05) is 25.7 Å². The fraction of sp³-hybridized carbons (Fsp3) is 0.238. The molecule has 0 aliphatic heterocycles. The van der Waals surface area contributed by atoms with Gasteiger partial charge in [0.25, 0.3) is 5.89 Å². The van der Waals surface area contributed by atoms with Crippen LogP contribution in [0.1, 0.15) is 22.1 Å². The number of nitrogens with one attached hydrogen (secondary N) is 1. The van der Waals surface area contributed by atoms with Gasteiger partial charge in [-0.1, -0.05) is 5.16 Å². The summed E-state index contributed by atoms with van der Waals surface area (Å²) in [5.74, 6) is 0.394.